The summed E-state index contributed by atoms with van der Waals surface area (Å²) in [6.07, 6.45) is 1.96. The van der Waals surface area contributed by atoms with Crippen molar-refractivity contribution < 1.29 is 13.2 Å². The zero-order valence-corrected chi connectivity index (χ0v) is 18.1. The number of para-hydroxylation sites is 1. The number of hydrogen-bond acceptors (Lipinski definition) is 4. The molecule has 3 rings (SSSR count). The summed E-state index contributed by atoms with van der Waals surface area (Å²) in [5.41, 5.74) is 1.73. The molecule has 0 aromatic heterocycles. The molecule has 2 aromatic rings. The highest BCUT2D eigenvalue weighted by atomic mass is 35.5. The number of carbonyl (C=O) groups excluding carboxylic acids is 1. The normalized spacial score (nSPS) is 14.7. The van der Waals surface area contributed by atoms with Gasteiger partial charge >= 0.3 is 0 Å². The fraction of sp³-hybridized carbons (Fsp3) is 0.381. The fourth-order valence-electron chi connectivity index (χ4n) is 3.48. The van der Waals surface area contributed by atoms with Crippen LogP contribution in [0.4, 0.5) is 11.4 Å². The van der Waals surface area contributed by atoms with E-state index in [0.717, 1.165) is 13.1 Å². The predicted octanol–water partition coefficient (Wildman–Crippen LogP) is 3.24. The maximum absolute atomic E-state index is 12.6. The topological polar surface area (TPSA) is 60.9 Å². The molecule has 1 aliphatic rings. The second-order valence-electron chi connectivity index (χ2n) is 7.12. The molecule has 0 atom stereocenters. The highest BCUT2D eigenvalue weighted by molar-refractivity contribution is 7.92. The van der Waals surface area contributed by atoms with E-state index in [2.05, 4.69) is 17.0 Å². The van der Waals surface area contributed by atoms with E-state index >= 15 is 0 Å². The summed E-state index contributed by atoms with van der Waals surface area (Å²) in [6, 6.07) is 16.8. The minimum atomic E-state index is -3.43. The number of amides is 1. The predicted molar refractivity (Wildman–Crippen MR) is 118 cm³/mol. The molecule has 156 valence electrons. The van der Waals surface area contributed by atoms with Gasteiger partial charge in [-0.1, -0.05) is 29.8 Å². The molecule has 1 heterocycles. The van der Waals surface area contributed by atoms with Gasteiger partial charge in [0.1, 0.15) is 0 Å². The molecule has 0 unspecified atom stereocenters. The van der Waals surface area contributed by atoms with E-state index in [1.807, 2.05) is 23.1 Å². The third kappa shape index (κ3) is 5.87. The number of benzene rings is 2. The molecule has 0 bridgehead atoms. The monoisotopic (exact) mass is 435 g/mol. The van der Waals surface area contributed by atoms with Gasteiger partial charge in [0.2, 0.25) is 15.9 Å². The van der Waals surface area contributed by atoms with Gasteiger partial charge in [-0.05, 0) is 42.8 Å². The number of sulfonamides is 1. The van der Waals surface area contributed by atoms with Crippen LogP contribution in [0, 0.1) is 0 Å². The van der Waals surface area contributed by atoms with E-state index in [1.165, 1.54) is 16.2 Å². The number of nitrogens with zero attached hydrogens (tertiary/aromatic N) is 3. The van der Waals surface area contributed by atoms with Crippen LogP contribution in [0.1, 0.15) is 12.8 Å². The lowest BCUT2D eigenvalue weighted by molar-refractivity contribution is -0.131. The summed E-state index contributed by atoms with van der Waals surface area (Å²) < 4.78 is 25.6. The van der Waals surface area contributed by atoms with Gasteiger partial charge in [-0.3, -0.25) is 9.10 Å². The Morgan fingerprint density at radius 3 is 2.21 bits per heavy atom. The number of carbonyl (C=O) groups is 1. The molecule has 1 saturated heterocycles. The van der Waals surface area contributed by atoms with Crippen LogP contribution in [0.2, 0.25) is 5.02 Å². The second-order valence-corrected chi connectivity index (χ2v) is 9.46. The summed E-state index contributed by atoms with van der Waals surface area (Å²) in [7, 11) is -3.43. The molecule has 2 aromatic carbocycles. The molecular formula is C21H26ClN3O3S. The first-order valence-electron chi connectivity index (χ1n) is 9.65. The summed E-state index contributed by atoms with van der Waals surface area (Å²) in [5.74, 6) is 0.0715. The summed E-state index contributed by atoms with van der Waals surface area (Å²) in [6.45, 7) is 3.23. The molecule has 0 saturated carbocycles. The van der Waals surface area contributed by atoms with Crippen LogP contribution in [-0.4, -0.2) is 58.2 Å². The molecule has 1 amide bonds. The minimum absolute atomic E-state index is 0.0715. The van der Waals surface area contributed by atoms with Crippen molar-refractivity contribution >= 4 is 38.9 Å². The van der Waals surface area contributed by atoms with Crippen LogP contribution < -0.4 is 9.21 Å². The molecule has 0 aliphatic carbocycles. The minimum Gasteiger partial charge on any atom is -0.368 e. The van der Waals surface area contributed by atoms with Crippen molar-refractivity contribution in [1.29, 1.82) is 0 Å². The zero-order valence-electron chi connectivity index (χ0n) is 16.5. The Labute approximate surface area is 177 Å². The molecule has 0 spiro atoms. The van der Waals surface area contributed by atoms with Crippen molar-refractivity contribution in [2.45, 2.75) is 12.8 Å². The summed E-state index contributed by atoms with van der Waals surface area (Å²) in [5, 5.41) is 0.548. The van der Waals surface area contributed by atoms with E-state index in [9.17, 15) is 13.2 Å². The Balaban J connectivity index is 1.50. The first-order chi connectivity index (χ1) is 13.8. The van der Waals surface area contributed by atoms with Crippen molar-refractivity contribution in [2.24, 2.45) is 0 Å². The van der Waals surface area contributed by atoms with Gasteiger partial charge in [-0.25, -0.2) is 8.42 Å². The largest absolute Gasteiger partial charge is 0.368 e. The van der Waals surface area contributed by atoms with E-state index in [-0.39, 0.29) is 12.5 Å². The molecule has 1 aliphatic heterocycles. The van der Waals surface area contributed by atoms with Crippen molar-refractivity contribution in [2.75, 3.05) is 48.2 Å². The highest BCUT2D eigenvalue weighted by Crippen LogP contribution is 2.21. The van der Waals surface area contributed by atoms with Gasteiger partial charge in [0.05, 0.1) is 11.9 Å². The molecule has 8 heteroatoms. The molecule has 29 heavy (non-hydrogen) atoms. The van der Waals surface area contributed by atoms with Gasteiger partial charge < -0.3 is 9.80 Å². The van der Waals surface area contributed by atoms with Crippen LogP contribution in [-0.2, 0) is 14.8 Å². The first kappa shape index (κ1) is 21.5. The van der Waals surface area contributed by atoms with Crippen LogP contribution in [0.5, 0.6) is 0 Å². The summed E-state index contributed by atoms with van der Waals surface area (Å²) >= 11 is 5.89. The highest BCUT2D eigenvalue weighted by Gasteiger charge is 2.22. The van der Waals surface area contributed by atoms with E-state index in [4.69, 9.17) is 11.6 Å². The van der Waals surface area contributed by atoms with Crippen molar-refractivity contribution in [3.8, 4) is 0 Å². The average Bonchev–Trinajstić information content (AvgIpc) is 2.72. The maximum Gasteiger partial charge on any atom is 0.232 e. The number of rotatable bonds is 7. The number of hydrogen-bond donors (Lipinski definition) is 0. The Bertz CT molecular complexity index is 912. The lowest BCUT2D eigenvalue weighted by Gasteiger charge is -2.36. The Morgan fingerprint density at radius 1 is 1.00 bits per heavy atom. The van der Waals surface area contributed by atoms with Crippen LogP contribution >= 0.6 is 11.6 Å². The number of anilines is 2. The van der Waals surface area contributed by atoms with Gasteiger partial charge in [0.15, 0.2) is 0 Å². The average molecular weight is 436 g/mol. The number of halogens is 1. The molecule has 1 fully saturated rings. The van der Waals surface area contributed by atoms with Gasteiger partial charge in [-0.15, -0.1) is 0 Å². The summed E-state index contributed by atoms with van der Waals surface area (Å²) in [4.78, 5) is 16.7. The van der Waals surface area contributed by atoms with Crippen molar-refractivity contribution in [3.63, 3.8) is 0 Å². The van der Waals surface area contributed by atoms with Gasteiger partial charge in [0, 0.05) is 49.9 Å². The molecule has 0 radical (unpaired) electrons. The van der Waals surface area contributed by atoms with Gasteiger partial charge in [0.25, 0.3) is 0 Å². The lowest BCUT2D eigenvalue weighted by Crippen LogP contribution is -2.48. The van der Waals surface area contributed by atoms with E-state index < -0.39 is 10.0 Å². The van der Waals surface area contributed by atoms with Crippen LogP contribution in [0.15, 0.2) is 54.6 Å². The fourth-order valence-corrected chi connectivity index (χ4v) is 4.57. The van der Waals surface area contributed by atoms with E-state index in [1.54, 1.807) is 24.3 Å². The molecule has 6 nitrogen and oxygen atoms in total. The zero-order chi connectivity index (χ0) is 20.9. The van der Waals surface area contributed by atoms with Crippen molar-refractivity contribution in [3.05, 3.63) is 59.6 Å². The maximum atomic E-state index is 12.6. The molecular weight excluding hydrogens is 410 g/mol. The van der Waals surface area contributed by atoms with Crippen LogP contribution in [0.3, 0.4) is 0 Å². The van der Waals surface area contributed by atoms with Gasteiger partial charge in [-0.2, -0.15) is 0 Å². The standard InChI is InChI=1S/C21H26ClN3O3S/c1-29(27,28)25(20-11-9-18(22)10-12-20)13-5-8-21(26)24-16-14-23(15-17-24)19-6-3-2-4-7-19/h2-4,6-7,9-12H,5,8,13-17H2,1H3. The van der Waals surface area contributed by atoms with Crippen molar-refractivity contribution in [1.82, 2.24) is 4.90 Å². The number of piperazine rings is 1. The molecule has 0 N–H and O–H groups in total. The second kappa shape index (κ2) is 9.50. The third-order valence-corrected chi connectivity index (χ3v) is 6.47. The Hall–Kier alpha value is -2.25. The van der Waals surface area contributed by atoms with Crippen LogP contribution in [0.25, 0.3) is 0 Å². The smallest absolute Gasteiger partial charge is 0.232 e. The quantitative estimate of drug-likeness (QED) is 0.669. The third-order valence-electron chi connectivity index (χ3n) is 5.02. The SMILES string of the molecule is CS(=O)(=O)N(CCCC(=O)N1CCN(c2ccccc2)CC1)c1ccc(Cl)cc1. The van der Waals surface area contributed by atoms with E-state index in [0.29, 0.717) is 36.6 Å². The Kier molecular flexibility index (Phi) is 7.03. The lowest BCUT2D eigenvalue weighted by atomic mass is 10.2. The Morgan fingerprint density at radius 2 is 1.62 bits per heavy atom. The first-order valence-corrected chi connectivity index (χ1v) is 11.9.